The fourth-order valence-electron chi connectivity index (χ4n) is 3.83. The van der Waals surface area contributed by atoms with Gasteiger partial charge in [-0.2, -0.15) is 0 Å². The van der Waals surface area contributed by atoms with Crippen LogP contribution in [-0.2, 0) is 6.42 Å². The maximum absolute atomic E-state index is 13.2. The lowest BCUT2D eigenvalue weighted by Gasteiger charge is -2.19. The Kier molecular flexibility index (Phi) is 8.51. The standard InChI is InChI=1S/C26H33NO4/c1-4-5-6-7-8-9-16-31-21-12-10-19(11-13-21)26(28)25-22-18-24(30-3)23(29-2)17-20(22)14-15-27-25/h10-13,17-18H,4-9,14-16H2,1-3H3. The molecule has 5 heteroatoms. The number of hydrogen-bond acceptors (Lipinski definition) is 5. The Bertz CT molecular complexity index is 902. The van der Waals surface area contributed by atoms with E-state index in [1.165, 1.54) is 32.1 Å². The van der Waals surface area contributed by atoms with Crippen molar-refractivity contribution in [1.82, 2.24) is 0 Å². The molecular formula is C26H33NO4. The molecule has 0 radical (unpaired) electrons. The van der Waals surface area contributed by atoms with Crippen molar-refractivity contribution in [2.75, 3.05) is 27.4 Å². The van der Waals surface area contributed by atoms with Gasteiger partial charge in [-0.05, 0) is 54.8 Å². The van der Waals surface area contributed by atoms with Crippen molar-refractivity contribution < 1.29 is 19.0 Å². The molecule has 1 heterocycles. The number of carbonyl (C=O) groups excluding carboxylic acids is 1. The van der Waals surface area contributed by atoms with Crippen LogP contribution in [0.3, 0.4) is 0 Å². The van der Waals surface area contributed by atoms with Gasteiger partial charge in [0.05, 0.1) is 20.8 Å². The van der Waals surface area contributed by atoms with Crippen LogP contribution in [0.1, 0.15) is 66.9 Å². The minimum atomic E-state index is -0.0874. The molecule has 31 heavy (non-hydrogen) atoms. The first kappa shape index (κ1) is 22.9. The second-order valence-electron chi connectivity index (χ2n) is 7.81. The Hall–Kier alpha value is -2.82. The molecule has 3 rings (SSSR count). The predicted molar refractivity (Wildman–Crippen MR) is 124 cm³/mol. The number of ether oxygens (including phenoxy) is 3. The Morgan fingerprint density at radius 3 is 2.32 bits per heavy atom. The highest BCUT2D eigenvalue weighted by Gasteiger charge is 2.24. The second-order valence-corrected chi connectivity index (χ2v) is 7.81. The molecule has 0 saturated carbocycles. The van der Waals surface area contributed by atoms with E-state index in [2.05, 4.69) is 11.9 Å². The molecule has 0 atom stereocenters. The maximum atomic E-state index is 13.2. The van der Waals surface area contributed by atoms with Gasteiger partial charge >= 0.3 is 0 Å². The summed E-state index contributed by atoms with van der Waals surface area (Å²) in [5.41, 5.74) is 2.95. The Morgan fingerprint density at radius 1 is 0.935 bits per heavy atom. The fraction of sp³-hybridized carbons (Fsp3) is 0.462. The molecule has 0 spiro atoms. The van der Waals surface area contributed by atoms with E-state index in [4.69, 9.17) is 14.2 Å². The molecule has 1 aliphatic rings. The third-order valence-corrected chi connectivity index (χ3v) is 5.61. The summed E-state index contributed by atoms with van der Waals surface area (Å²) in [6, 6.07) is 11.1. The van der Waals surface area contributed by atoms with E-state index in [1.807, 2.05) is 36.4 Å². The third-order valence-electron chi connectivity index (χ3n) is 5.61. The van der Waals surface area contributed by atoms with Crippen LogP contribution in [-0.4, -0.2) is 38.9 Å². The van der Waals surface area contributed by atoms with Crippen molar-refractivity contribution in [1.29, 1.82) is 0 Å². The van der Waals surface area contributed by atoms with Crippen LogP contribution in [0.25, 0.3) is 0 Å². The molecule has 0 aromatic heterocycles. The average Bonchev–Trinajstić information content (AvgIpc) is 2.82. The van der Waals surface area contributed by atoms with E-state index in [9.17, 15) is 4.79 Å². The molecule has 0 N–H and O–H groups in total. The lowest BCUT2D eigenvalue weighted by atomic mass is 9.92. The number of benzene rings is 2. The van der Waals surface area contributed by atoms with Gasteiger partial charge < -0.3 is 14.2 Å². The smallest absolute Gasteiger partial charge is 0.211 e. The molecule has 0 saturated heterocycles. The van der Waals surface area contributed by atoms with Crippen LogP contribution in [0.15, 0.2) is 41.4 Å². The number of methoxy groups -OCH3 is 2. The van der Waals surface area contributed by atoms with E-state index >= 15 is 0 Å². The molecule has 2 aromatic rings. The van der Waals surface area contributed by atoms with Gasteiger partial charge in [0.15, 0.2) is 11.5 Å². The van der Waals surface area contributed by atoms with Gasteiger partial charge in [-0.3, -0.25) is 9.79 Å². The Balaban J connectivity index is 1.63. The second kappa shape index (κ2) is 11.5. The van der Waals surface area contributed by atoms with Gasteiger partial charge in [0, 0.05) is 17.7 Å². The molecule has 0 fully saturated rings. The Labute approximate surface area is 185 Å². The molecule has 1 aliphatic heterocycles. The molecular weight excluding hydrogens is 390 g/mol. The minimum absolute atomic E-state index is 0.0874. The van der Waals surface area contributed by atoms with Crippen molar-refractivity contribution in [3.05, 3.63) is 53.1 Å². The molecule has 5 nitrogen and oxygen atoms in total. The van der Waals surface area contributed by atoms with Crippen LogP contribution < -0.4 is 14.2 Å². The summed E-state index contributed by atoms with van der Waals surface area (Å²) in [7, 11) is 3.21. The summed E-state index contributed by atoms with van der Waals surface area (Å²) < 4.78 is 16.6. The summed E-state index contributed by atoms with van der Waals surface area (Å²) >= 11 is 0. The van der Waals surface area contributed by atoms with E-state index in [0.29, 0.717) is 35.9 Å². The number of aliphatic imine (C=N–C) groups is 1. The van der Waals surface area contributed by atoms with Crippen molar-refractivity contribution in [2.45, 2.75) is 51.9 Å². The van der Waals surface area contributed by atoms with E-state index in [0.717, 1.165) is 29.7 Å². The number of rotatable bonds is 12. The number of hydrogen-bond donors (Lipinski definition) is 0. The van der Waals surface area contributed by atoms with E-state index in [1.54, 1.807) is 14.2 Å². The largest absolute Gasteiger partial charge is 0.494 e. The zero-order valence-electron chi connectivity index (χ0n) is 18.9. The molecule has 0 bridgehead atoms. The zero-order valence-corrected chi connectivity index (χ0v) is 18.9. The number of ketones is 1. The van der Waals surface area contributed by atoms with Gasteiger partial charge in [0.1, 0.15) is 11.5 Å². The average molecular weight is 424 g/mol. The summed E-state index contributed by atoms with van der Waals surface area (Å²) in [5.74, 6) is 1.97. The topological polar surface area (TPSA) is 57.1 Å². The monoisotopic (exact) mass is 423 g/mol. The summed E-state index contributed by atoms with van der Waals surface area (Å²) in [5, 5.41) is 0. The number of unbranched alkanes of at least 4 members (excludes halogenated alkanes) is 5. The number of fused-ring (bicyclic) bond motifs is 1. The number of Topliss-reactive ketones (excluding diaryl/α,β-unsaturated/α-hetero) is 1. The van der Waals surface area contributed by atoms with Crippen LogP contribution in [0.4, 0.5) is 0 Å². The number of nitrogens with zero attached hydrogens (tertiary/aromatic N) is 1. The highest BCUT2D eigenvalue weighted by Crippen LogP contribution is 2.33. The SMILES string of the molecule is CCCCCCCCOc1ccc(C(=O)C2=NCCc3cc(OC)c(OC)cc32)cc1. The van der Waals surface area contributed by atoms with E-state index < -0.39 is 0 Å². The molecule has 0 amide bonds. The quantitative estimate of drug-likeness (QED) is 0.326. The number of carbonyl (C=O) groups is 1. The van der Waals surface area contributed by atoms with E-state index in [-0.39, 0.29) is 5.78 Å². The lowest BCUT2D eigenvalue weighted by Crippen LogP contribution is -2.22. The molecule has 0 unspecified atom stereocenters. The third kappa shape index (κ3) is 5.87. The van der Waals surface area contributed by atoms with Gasteiger partial charge in [0.2, 0.25) is 5.78 Å². The summed E-state index contributed by atoms with van der Waals surface area (Å²) in [6.45, 7) is 3.52. The molecule has 2 aromatic carbocycles. The van der Waals surface area contributed by atoms with Crippen molar-refractivity contribution in [3.63, 3.8) is 0 Å². The first-order valence-corrected chi connectivity index (χ1v) is 11.2. The molecule has 166 valence electrons. The summed E-state index contributed by atoms with van der Waals surface area (Å²) in [6.07, 6.45) is 8.18. The van der Waals surface area contributed by atoms with Gasteiger partial charge in [-0.15, -0.1) is 0 Å². The fourth-order valence-corrected chi connectivity index (χ4v) is 3.83. The minimum Gasteiger partial charge on any atom is -0.494 e. The first-order chi connectivity index (χ1) is 15.2. The van der Waals surface area contributed by atoms with Crippen molar-refractivity contribution in [2.24, 2.45) is 4.99 Å². The normalized spacial score (nSPS) is 12.7. The lowest BCUT2D eigenvalue weighted by molar-refractivity contribution is 0.106. The van der Waals surface area contributed by atoms with Crippen LogP contribution in [0.2, 0.25) is 0 Å². The highest BCUT2D eigenvalue weighted by atomic mass is 16.5. The zero-order chi connectivity index (χ0) is 22.1. The van der Waals surface area contributed by atoms with Crippen LogP contribution in [0, 0.1) is 0 Å². The van der Waals surface area contributed by atoms with Crippen molar-refractivity contribution >= 4 is 11.5 Å². The van der Waals surface area contributed by atoms with Gasteiger partial charge in [-0.25, -0.2) is 0 Å². The van der Waals surface area contributed by atoms with Crippen molar-refractivity contribution in [3.8, 4) is 17.2 Å². The molecule has 0 aliphatic carbocycles. The van der Waals surface area contributed by atoms with Crippen LogP contribution in [0.5, 0.6) is 17.2 Å². The first-order valence-electron chi connectivity index (χ1n) is 11.2. The maximum Gasteiger partial charge on any atom is 0.211 e. The predicted octanol–water partition coefficient (Wildman–Crippen LogP) is 5.67. The van der Waals surface area contributed by atoms with Gasteiger partial charge in [-0.1, -0.05) is 39.0 Å². The Morgan fingerprint density at radius 2 is 1.61 bits per heavy atom. The van der Waals surface area contributed by atoms with Crippen LogP contribution >= 0.6 is 0 Å². The highest BCUT2D eigenvalue weighted by molar-refractivity contribution is 6.52. The van der Waals surface area contributed by atoms with Gasteiger partial charge in [0.25, 0.3) is 0 Å². The summed E-state index contributed by atoms with van der Waals surface area (Å²) in [4.78, 5) is 17.7.